The minimum Gasteiger partial charge on any atom is -0.465 e. The first-order chi connectivity index (χ1) is 15.2. The van der Waals surface area contributed by atoms with Crippen molar-refractivity contribution in [2.45, 2.75) is 49.6 Å². The maximum Gasteiger partial charge on any atom is 0.337 e. The summed E-state index contributed by atoms with van der Waals surface area (Å²) in [5.41, 5.74) is 3.30. The van der Waals surface area contributed by atoms with Crippen molar-refractivity contribution >= 4 is 28.6 Å². The Morgan fingerprint density at radius 2 is 2.16 bits per heavy atom. The van der Waals surface area contributed by atoms with Gasteiger partial charge in [-0.05, 0) is 61.9 Å². The van der Waals surface area contributed by atoms with E-state index in [2.05, 4.69) is 11.1 Å². The van der Waals surface area contributed by atoms with Gasteiger partial charge in [-0.25, -0.2) is 9.78 Å². The molecule has 3 aromatic rings. The molecule has 0 unspecified atom stereocenters. The van der Waals surface area contributed by atoms with Gasteiger partial charge in [0.25, 0.3) is 5.56 Å². The lowest BCUT2D eigenvalue weighted by atomic mass is 9.97. The fourth-order valence-electron chi connectivity index (χ4n) is 3.77. The van der Waals surface area contributed by atoms with Gasteiger partial charge in [0, 0.05) is 24.7 Å². The van der Waals surface area contributed by atoms with Crippen LogP contribution in [0.1, 0.15) is 48.0 Å². The number of nitrogens with zero attached hydrogens (tertiary/aromatic N) is 3. The molecule has 0 bridgehead atoms. The Balaban J connectivity index is 1.70. The van der Waals surface area contributed by atoms with Crippen LogP contribution in [0.2, 0.25) is 0 Å². The van der Waals surface area contributed by atoms with Crippen molar-refractivity contribution in [2.24, 2.45) is 0 Å². The summed E-state index contributed by atoms with van der Waals surface area (Å²) >= 11 is 1.51. The first kappa shape index (κ1) is 21.3. The predicted molar refractivity (Wildman–Crippen MR) is 122 cm³/mol. The van der Waals surface area contributed by atoms with Gasteiger partial charge in [-0.3, -0.25) is 14.3 Å². The zero-order valence-electron chi connectivity index (χ0n) is 17.5. The molecule has 6 nitrogen and oxygen atoms in total. The number of rotatable bonds is 7. The van der Waals surface area contributed by atoms with Gasteiger partial charge >= 0.3 is 5.97 Å². The molecule has 2 heterocycles. The summed E-state index contributed by atoms with van der Waals surface area (Å²) < 4.78 is 6.59. The molecular weight excluding hydrogens is 410 g/mol. The van der Waals surface area contributed by atoms with Crippen LogP contribution >= 0.6 is 11.8 Å². The molecule has 0 radical (unpaired) electrons. The first-order valence-corrected chi connectivity index (χ1v) is 11.5. The standard InChI is InChI=1S/C24H25N3O3S/c1-30-23(29)19-9-10-20-21(14-19)26-24(31-16-18-8-5-12-25-15-18)27(22(20)28)13-11-17-6-3-2-4-7-17/h5-6,8-10,12,14-15H,2-4,7,11,13,16H2,1H3. The van der Waals surface area contributed by atoms with Gasteiger partial charge in [-0.15, -0.1) is 0 Å². The second-order valence-electron chi connectivity index (χ2n) is 7.58. The normalized spacial score (nSPS) is 13.8. The molecule has 0 saturated carbocycles. The summed E-state index contributed by atoms with van der Waals surface area (Å²) in [5.74, 6) is 0.215. The molecule has 2 aromatic heterocycles. The molecule has 160 valence electrons. The number of fused-ring (bicyclic) bond motifs is 1. The Morgan fingerprint density at radius 3 is 2.90 bits per heavy atom. The predicted octanol–water partition coefficient (Wildman–Crippen LogP) is 4.76. The van der Waals surface area contributed by atoms with E-state index >= 15 is 0 Å². The first-order valence-electron chi connectivity index (χ1n) is 10.5. The van der Waals surface area contributed by atoms with Crippen molar-refractivity contribution in [3.05, 3.63) is 75.9 Å². The molecule has 7 heteroatoms. The van der Waals surface area contributed by atoms with Gasteiger partial charge in [-0.2, -0.15) is 0 Å². The third-order valence-electron chi connectivity index (χ3n) is 5.47. The van der Waals surface area contributed by atoms with Crippen LogP contribution in [0.5, 0.6) is 0 Å². The Morgan fingerprint density at radius 1 is 1.26 bits per heavy atom. The molecule has 0 spiro atoms. The van der Waals surface area contributed by atoms with Crippen molar-refractivity contribution in [3.8, 4) is 0 Å². The Hall–Kier alpha value is -2.93. The van der Waals surface area contributed by atoms with Gasteiger partial charge in [-0.1, -0.05) is 29.5 Å². The summed E-state index contributed by atoms with van der Waals surface area (Å²) in [6.07, 6.45) is 11.4. The molecule has 0 amide bonds. The highest BCUT2D eigenvalue weighted by atomic mass is 32.2. The number of aromatic nitrogens is 3. The highest BCUT2D eigenvalue weighted by Crippen LogP contribution is 2.25. The highest BCUT2D eigenvalue weighted by Gasteiger charge is 2.15. The van der Waals surface area contributed by atoms with Gasteiger partial charge in [0.15, 0.2) is 5.16 Å². The monoisotopic (exact) mass is 435 g/mol. The summed E-state index contributed by atoms with van der Waals surface area (Å²) in [6.45, 7) is 0.599. The Bertz CT molecular complexity index is 1170. The van der Waals surface area contributed by atoms with Crippen LogP contribution in [0.3, 0.4) is 0 Å². The van der Waals surface area contributed by atoms with E-state index in [1.54, 1.807) is 29.0 Å². The molecule has 1 aliphatic carbocycles. The minimum atomic E-state index is -0.443. The zero-order valence-corrected chi connectivity index (χ0v) is 18.4. The molecule has 0 fully saturated rings. The Labute approximate surface area is 185 Å². The van der Waals surface area contributed by atoms with Gasteiger partial charge in [0.05, 0.1) is 23.6 Å². The van der Waals surface area contributed by atoms with E-state index < -0.39 is 5.97 Å². The summed E-state index contributed by atoms with van der Waals surface area (Å²) in [5, 5.41) is 1.16. The van der Waals surface area contributed by atoms with E-state index in [9.17, 15) is 9.59 Å². The van der Waals surface area contributed by atoms with E-state index in [0.29, 0.717) is 33.9 Å². The Kier molecular flexibility index (Phi) is 6.82. The zero-order chi connectivity index (χ0) is 21.6. The number of methoxy groups -OCH3 is 1. The van der Waals surface area contributed by atoms with Crippen LogP contribution in [-0.2, 0) is 17.0 Å². The number of pyridine rings is 1. The summed E-state index contributed by atoms with van der Waals surface area (Å²) in [7, 11) is 1.34. The van der Waals surface area contributed by atoms with Crippen LogP contribution < -0.4 is 5.56 Å². The average molecular weight is 436 g/mol. The topological polar surface area (TPSA) is 74.1 Å². The van der Waals surface area contributed by atoms with Crippen LogP contribution in [0.15, 0.2) is 64.3 Å². The smallest absolute Gasteiger partial charge is 0.337 e. The fourth-order valence-corrected chi connectivity index (χ4v) is 4.73. The number of allylic oxidation sites excluding steroid dienone is 2. The SMILES string of the molecule is COC(=O)c1ccc2c(=O)n(CCC3=CCCCC3)c(SCc3cccnc3)nc2c1. The van der Waals surface area contributed by atoms with Crippen molar-refractivity contribution in [1.29, 1.82) is 0 Å². The minimum absolute atomic E-state index is 0.0773. The molecule has 31 heavy (non-hydrogen) atoms. The van der Waals surface area contributed by atoms with Gasteiger partial charge < -0.3 is 4.74 Å². The molecule has 1 aliphatic rings. The maximum absolute atomic E-state index is 13.3. The number of ether oxygens (including phenoxy) is 1. The van der Waals surface area contributed by atoms with E-state index in [-0.39, 0.29) is 5.56 Å². The number of esters is 1. The third-order valence-corrected chi connectivity index (χ3v) is 6.52. The van der Waals surface area contributed by atoms with Crippen LogP contribution in [0.25, 0.3) is 10.9 Å². The lowest BCUT2D eigenvalue weighted by molar-refractivity contribution is 0.0601. The molecule has 0 N–H and O–H groups in total. The lowest BCUT2D eigenvalue weighted by Crippen LogP contribution is -2.24. The van der Waals surface area contributed by atoms with E-state index in [1.807, 2.05) is 18.3 Å². The van der Waals surface area contributed by atoms with Crippen molar-refractivity contribution in [1.82, 2.24) is 14.5 Å². The van der Waals surface area contributed by atoms with E-state index in [1.165, 1.54) is 37.3 Å². The van der Waals surface area contributed by atoms with Gasteiger partial charge in [0.2, 0.25) is 0 Å². The van der Waals surface area contributed by atoms with Crippen LogP contribution in [0, 0.1) is 0 Å². The van der Waals surface area contributed by atoms with Gasteiger partial charge in [0.1, 0.15) is 0 Å². The summed E-state index contributed by atoms with van der Waals surface area (Å²) in [6, 6.07) is 8.82. The molecule has 0 aliphatic heterocycles. The average Bonchev–Trinajstić information content (AvgIpc) is 2.82. The van der Waals surface area contributed by atoms with E-state index in [0.717, 1.165) is 24.8 Å². The second-order valence-corrected chi connectivity index (χ2v) is 8.53. The van der Waals surface area contributed by atoms with Crippen molar-refractivity contribution in [3.63, 3.8) is 0 Å². The lowest BCUT2D eigenvalue weighted by Gasteiger charge is -2.16. The molecule has 0 atom stereocenters. The number of benzene rings is 1. The molecule has 0 saturated heterocycles. The number of hydrogen-bond acceptors (Lipinski definition) is 6. The molecule has 4 rings (SSSR count). The van der Waals surface area contributed by atoms with E-state index in [4.69, 9.17) is 9.72 Å². The molecule has 1 aromatic carbocycles. The molecular formula is C24H25N3O3S. The fraction of sp³-hybridized carbons (Fsp3) is 0.333. The van der Waals surface area contributed by atoms with Crippen molar-refractivity contribution < 1.29 is 9.53 Å². The van der Waals surface area contributed by atoms with Crippen LogP contribution in [-0.4, -0.2) is 27.6 Å². The largest absolute Gasteiger partial charge is 0.465 e. The number of carbonyl (C=O) groups is 1. The second kappa shape index (κ2) is 9.92. The maximum atomic E-state index is 13.3. The quantitative estimate of drug-likeness (QED) is 0.231. The summed E-state index contributed by atoms with van der Waals surface area (Å²) in [4.78, 5) is 34.2. The number of carbonyl (C=O) groups excluding carboxylic acids is 1. The van der Waals surface area contributed by atoms with Crippen LogP contribution in [0.4, 0.5) is 0 Å². The van der Waals surface area contributed by atoms with Crippen molar-refractivity contribution in [2.75, 3.05) is 7.11 Å². The number of hydrogen-bond donors (Lipinski definition) is 0. The third kappa shape index (κ3) is 5.05. The number of thioether (sulfide) groups is 1. The highest BCUT2D eigenvalue weighted by molar-refractivity contribution is 7.98.